The number of aromatic nitrogens is 2. The SMILES string of the molecule is CCc1c(C)nc2cccc[n+]2c1C. The Morgan fingerprint density at radius 3 is 2.79 bits per heavy atom. The lowest BCUT2D eigenvalue weighted by molar-refractivity contribution is -0.523. The van der Waals surface area contributed by atoms with E-state index in [2.05, 4.69) is 36.4 Å². The maximum Gasteiger partial charge on any atom is 0.328 e. The molecule has 14 heavy (non-hydrogen) atoms. The molecule has 2 nitrogen and oxygen atoms in total. The number of hydrogen-bond donors (Lipinski definition) is 0. The summed E-state index contributed by atoms with van der Waals surface area (Å²) >= 11 is 0. The maximum atomic E-state index is 4.57. The van der Waals surface area contributed by atoms with Gasteiger partial charge < -0.3 is 0 Å². The first-order valence-electron chi connectivity index (χ1n) is 5.00. The number of fused-ring (bicyclic) bond motifs is 1. The van der Waals surface area contributed by atoms with Gasteiger partial charge in [-0.25, -0.2) is 4.40 Å². The lowest BCUT2D eigenvalue weighted by Crippen LogP contribution is -2.28. The van der Waals surface area contributed by atoms with Crippen LogP contribution in [0.2, 0.25) is 0 Å². The predicted octanol–water partition coefficient (Wildman–Crippen LogP) is 2.00. The molecule has 0 aliphatic rings. The van der Waals surface area contributed by atoms with E-state index in [0.29, 0.717) is 0 Å². The molecule has 2 heteroatoms. The smallest absolute Gasteiger partial charge is 0.200 e. The average Bonchev–Trinajstić information content (AvgIpc) is 2.18. The van der Waals surface area contributed by atoms with Crippen LogP contribution in [0.5, 0.6) is 0 Å². The quantitative estimate of drug-likeness (QED) is 0.624. The molecule has 2 aromatic heterocycles. The highest BCUT2D eigenvalue weighted by atomic mass is 15.0. The molecule has 0 aromatic carbocycles. The van der Waals surface area contributed by atoms with Gasteiger partial charge in [0.2, 0.25) is 0 Å². The van der Waals surface area contributed by atoms with Crippen molar-refractivity contribution in [2.45, 2.75) is 27.2 Å². The summed E-state index contributed by atoms with van der Waals surface area (Å²) in [5, 5.41) is 0. The molecule has 0 saturated heterocycles. The van der Waals surface area contributed by atoms with Crippen LogP contribution in [0.25, 0.3) is 5.65 Å². The Hall–Kier alpha value is -1.44. The van der Waals surface area contributed by atoms with E-state index in [1.807, 2.05) is 18.2 Å². The first-order valence-corrected chi connectivity index (χ1v) is 5.00. The minimum absolute atomic E-state index is 1.03. The molecule has 72 valence electrons. The van der Waals surface area contributed by atoms with Crippen molar-refractivity contribution in [2.75, 3.05) is 0 Å². The van der Waals surface area contributed by atoms with Crippen molar-refractivity contribution in [1.29, 1.82) is 0 Å². The second-order valence-electron chi connectivity index (χ2n) is 3.54. The lowest BCUT2D eigenvalue weighted by atomic mass is 10.1. The summed E-state index contributed by atoms with van der Waals surface area (Å²) in [7, 11) is 0. The van der Waals surface area contributed by atoms with E-state index in [9.17, 15) is 0 Å². The number of pyridine rings is 1. The average molecular weight is 187 g/mol. The van der Waals surface area contributed by atoms with Crippen LogP contribution in [0.15, 0.2) is 24.4 Å². The van der Waals surface area contributed by atoms with Gasteiger partial charge in [-0.05, 0) is 24.4 Å². The van der Waals surface area contributed by atoms with Gasteiger partial charge >= 0.3 is 5.65 Å². The van der Waals surface area contributed by atoms with Crippen molar-refractivity contribution in [1.82, 2.24) is 4.98 Å². The van der Waals surface area contributed by atoms with E-state index in [1.54, 1.807) is 0 Å². The molecule has 0 radical (unpaired) electrons. The molecular weight excluding hydrogens is 172 g/mol. The molecular formula is C12H15N2+. The third-order valence-electron chi connectivity index (χ3n) is 2.71. The molecule has 0 amide bonds. The van der Waals surface area contributed by atoms with Gasteiger partial charge in [0.05, 0.1) is 6.20 Å². The van der Waals surface area contributed by atoms with Gasteiger partial charge in [0, 0.05) is 18.6 Å². The van der Waals surface area contributed by atoms with Crippen LogP contribution in [0.1, 0.15) is 23.9 Å². The van der Waals surface area contributed by atoms with Crippen molar-refractivity contribution in [3.63, 3.8) is 0 Å². The number of hydrogen-bond acceptors (Lipinski definition) is 1. The summed E-state index contributed by atoms with van der Waals surface area (Å²) in [6.45, 7) is 6.41. The Morgan fingerprint density at radius 2 is 2.07 bits per heavy atom. The van der Waals surface area contributed by atoms with E-state index >= 15 is 0 Å². The van der Waals surface area contributed by atoms with Crippen LogP contribution in [0.4, 0.5) is 0 Å². The zero-order chi connectivity index (χ0) is 10.1. The van der Waals surface area contributed by atoms with Gasteiger partial charge in [0.15, 0.2) is 5.69 Å². The largest absolute Gasteiger partial charge is 0.328 e. The Bertz CT molecular complexity index is 475. The summed E-state index contributed by atoms with van der Waals surface area (Å²) in [4.78, 5) is 4.57. The minimum Gasteiger partial charge on any atom is -0.200 e. The Morgan fingerprint density at radius 1 is 1.29 bits per heavy atom. The van der Waals surface area contributed by atoms with Gasteiger partial charge in [-0.1, -0.05) is 13.0 Å². The third kappa shape index (κ3) is 1.27. The van der Waals surface area contributed by atoms with Crippen molar-refractivity contribution in [3.05, 3.63) is 41.3 Å². The molecule has 0 N–H and O–H groups in total. The molecule has 0 bridgehead atoms. The number of nitrogens with zero attached hydrogens (tertiary/aromatic N) is 2. The summed E-state index contributed by atoms with van der Waals surface area (Å²) < 4.78 is 2.14. The summed E-state index contributed by atoms with van der Waals surface area (Å²) in [6.07, 6.45) is 3.11. The molecule has 0 unspecified atom stereocenters. The molecule has 2 heterocycles. The van der Waals surface area contributed by atoms with E-state index < -0.39 is 0 Å². The van der Waals surface area contributed by atoms with Crippen LogP contribution >= 0.6 is 0 Å². The topological polar surface area (TPSA) is 17.0 Å². The first kappa shape index (κ1) is 9.13. The monoisotopic (exact) mass is 187 g/mol. The standard InChI is InChI=1S/C12H15N2/c1-4-11-9(2)13-12-7-5-6-8-14(12)10(11)3/h5-8H,4H2,1-3H3/q+1. The second-order valence-corrected chi connectivity index (χ2v) is 3.54. The zero-order valence-corrected chi connectivity index (χ0v) is 8.91. The van der Waals surface area contributed by atoms with E-state index in [1.165, 1.54) is 11.3 Å². The van der Waals surface area contributed by atoms with Gasteiger partial charge in [0.25, 0.3) is 0 Å². The molecule has 0 saturated carbocycles. The molecule has 0 spiro atoms. The Balaban J connectivity index is 2.86. The summed E-state index contributed by atoms with van der Waals surface area (Å²) in [5.41, 5.74) is 4.83. The summed E-state index contributed by atoms with van der Waals surface area (Å²) in [6, 6.07) is 6.10. The van der Waals surface area contributed by atoms with E-state index in [4.69, 9.17) is 0 Å². The van der Waals surface area contributed by atoms with Crippen molar-refractivity contribution in [3.8, 4) is 0 Å². The fourth-order valence-corrected chi connectivity index (χ4v) is 1.97. The van der Waals surface area contributed by atoms with Gasteiger partial charge in [0.1, 0.15) is 5.69 Å². The fourth-order valence-electron chi connectivity index (χ4n) is 1.97. The third-order valence-corrected chi connectivity index (χ3v) is 2.71. The highest BCUT2D eigenvalue weighted by molar-refractivity contribution is 5.33. The van der Waals surface area contributed by atoms with Gasteiger partial charge in [-0.3, -0.25) is 0 Å². The molecule has 0 atom stereocenters. The predicted molar refractivity (Wildman–Crippen MR) is 56.2 cm³/mol. The minimum atomic E-state index is 1.03. The van der Waals surface area contributed by atoms with Crippen molar-refractivity contribution < 1.29 is 4.40 Å². The highest BCUT2D eigenvalue weighted by Crippen LogP contribution is 2.09. The molecule has 0 aliphatic carbocycles. The number of aryl methyl sites for hydroxylation is 2. The molecule has 2 aromatic rings. The second kappa shape index (κ2) is 3.37. The maximum absolute atomic E-state index is 4.57. The molecule has 2 rings (SSSR count). The van der Waals surface area contributed by atoms with Crippen LogP contribution in [-0.4, -0.2) is 4.98 Å². The first-order chi connectivity index (χ1) is 6.74. The highest BCUT2D eigenvalue weighted by Gasteiger charge is 2.14. The van der Waals surface area contributed by atoms with Crippen molar-refractivity contribution >= 4 is 5.65 Å². The zero-order valence-electron chi connectivity index (χ0n) is 8.91. The van der Waals surface area contributed by atoms with Crippen LogP contribution in [-0.2, 0) is 6.42 Å². The normalized spacial score (nSPS) is 10.8. The summed E-state index contributed by atoms with van der Waals surface area (Å²) in [5.74, 6) is 0. The lowest BCUT2D eigenvalue weighted by Gasteiger charge is -2.03. The molecule has 0 aliphatic heterocycles. The van der Waals surface area contributed by atoms with E-state index in [-0.39, 0.29) is 0 Å². The van der Waals surface area contributed by atoms with Crippen molar-refractivity contribution in [2.24, 2.45) is 0 Å². The Kier molecular flexibility index (Phi) is 2.20. The molecule has 0 fully saturated rings. The van der Waals surface area contributed by atoms with Crippen LogP contribution < -0.4 is 4.40 Å². The van der Waals surface area contributed by atoms with Gasteiger partial charge in [-0.2, -0.15) is 0 Å². The Labute approximate surface area is 84.2 Å². The van der Waals surface area contributed by atoms with Crippen LogP contribution in [0, 0.1) is 13.8 Å². The van der Waals surface area contributed by atoms with Gasteiger partial charge in [-0.15, -0.1) is 0 Å². The number of rotatable bonds is 1. The van der Waals surface area contributed by atoms with Crippen LogP contribution in [0.3, 0.4) is 0 Å². The van der Waals surface area contributed by atoms with E-state index in [0.717, 1.165) is 17.8 Å². The fraction of sp³-hybridized carbons (Fsp3) is 0.333.